The Hall–Kier alpha value is -1.51. The molecule has 0 amide bonds. The van der Waals surface area contributed by atoms with E-state index in [4.69, 9.17) is 10.1 Å². The van der Waals surface area contributed by atoms with Gasteiger partial charge in [-0.05, 0) is 18.1 Å². The average Bonchev–Trinajstić information content (AvgIpc) is 2.27. The molecule has 0 bridgehead atoms. The molecule has 0 radical (unpaired) electrons. The Morgan fingerprint density at radius 3 is 2.87 bits per heavy atom. The lowest BCUT2D eigenvalue weighted by molar-refractivity contribution is 0.250. The summed E-state index contributed by atoms with van der Waals surface area (Å²) in [4.78, 5) is 1.85. The van der Waals surface area contributed by atoms with Gasteiger partial charge in [0, 0.05) is 14.1 Å². The van der Waals surface area contributed by atoms with Gasteiger partial charge in [-0.2, -0.15) is 0 Å². The summed E-state index contributed by atoms with van der Waals surface area (Å²) in [6, 6.07) is 8.07. The molecule has 80 valence electrons. The Balaban J connectivity index is 2.15. The van der Waals surface area contributed by atoms with Crippen molar-refractivity contribution < 1.29 is 4.74 Å². The van der Waals surface area contributed by atoms with Crippen LogP contribution in [-0.2, 0) is 6.42 Å². The van der Waals surface area contributed by atoms with Gasteiger partial charge in [0.1, 0.15) is 11.6 Å². The lowest BCUT2D eigenvalue weighted by Gasteiger charge is -2.28. The van der Waals surface area contributed by atoms with E-state index in [1.54, 1.807) is 0 Å². The molecule has 1 aliphatic heterocycles. The highest BCUT2D eigenvalue weighted by atomic mass is 16.5. The summed E-state index contributed by atoms with van der Waals surface area (Å²) in [5, 5.41) is 7.93. The minimum absolute atomic E-state index is 0.190. The summed E-state index contributed by atoms with van der Waals surface area (Å²) in [7, 11) is 3.81. The molecule has 0 spiro atoms. The van der Waals surface area contributed by atoms with Crippen LogP contribution in [-0.4, -0.2) is 31.4 Å². The summed E-state index contributed by atoms with van der Waals surface area (Å²) in [5.41, 5.74) is 1.21. The third-order valence-electron chi connectivity index (χ3n) is 2.75. The number of fused-ring (bicyclic) bond motifs is 1. The van der Waals surface area contributed by atoms with Crippen molar-refractivity contribution >= 4 is 5.84 Å². The molecule has 0 aromatic heterocycles. The van der Waals surface area contributed by atoms with Gasteiger partial charge in [0.25, 0.3) is 0 Å². The topological polar surface area (TPSA) is 36.3 Å². The van der Waals surface area contributed by atoms with E-state index in [-0.39, 0.29) is 5.92 Å². The van der Waals surface area contributed by atoms with Crippen molar-refractivity contribution in [2.24, 2.45) is 5.92 Å². The normalized spacial score (nSPS) is 18.9. The molecule has 1 atom stereocenters. The smallest absolute Gasteiger partial charge is 0.122 e. The molecular formula is C12H16N2O. The van der Waals surface area contributed by atoms with E-state index >= 15 is 0 Å². The van der Waals surface area contributed by atoms with Gasteiger partial charge in [-0.3, -0.25) is 5.41 Å². The zero-order chi connectivity index (χ0) is 10.8. The van der Waals surface area contributed by atoms with Crippen LogP contribution in [0, 0.1) is 11.3 Å². The van der Waals surface area contributed by atoms with Crippen LogP contribution in [0.15, 0.2) is 24.3 Å². The molecule has 1 aromatic carbocycles. The van der Waals surface area contributed by atoms with E-state index in [2.05, 4.69) is 6.07 Å². The number of hydrogen-bond donors (Lipinski definition) is 1. The van der Waals surface area contributed by atoms with Crippen molar-refractivity contribution in [3.63, 3.8) is 0 Å². The minimum atomic E-state index is 0.190. The molecule has 2 rings (SSSR count). The lowest BCUT2D eigenvalue weighted by Crippen LogP contribution is -2.36. The van der Waals surface area contributed by atoms with Crippen molar-refractivity contribution in [3.05, 3.63) is 29.8 Å². The van der Waals surface area contributed by atoms with Gasteiger partial charge >= 0.3 is 0 Å². The Morgan fingerprint density at radius 2 is 2.13 bits per heavy atom. The predicted octanol–water partition coefficient (Wildman–Crippen LogP) is 1.78. The molecule has 0 saturated carbocycles. The Bertz CT molecular complexity index is 374. The fourth-order valence-electron chi connectivity index (χ4n) is 1.87. The highest BCUT2D eigenvalue weighted by molar-refractivity contribution is 5.82. The van der Waals surface area contributed by atoms with E-state index in [0.717, 1.165) is 12.2 Å². The van der Waals surface area contributed by atoms with Gasteiger partial charge < -0.3 is 9.64 Å². The van der Waals surface area contributed by atoms with Crippen molar-refractivity contribution in [1.82, 2.24) is 4.90 Å². The molecule has 15 heavy (non-hydrogen) atoms. The zero-order valence-corrected chi connectivity index (χ0v) is 9.16. The second-order valence-electron chi connectivity index (χ2n) is 4.10. The number of amidine groups is 1. The summed E-state index contributed by atoms with van der Waals surface area (Å²) in [6.45, 7) is 0.619. The molecule has 0 saturated heterocycles. The standard InChI is InChI=1S/C12H16N2O/c1-14(2)12(13)10-7-9-5-3-4-6-11(9)15-8-10/h3-6,10,13H,7-8H2,1-2H3. The third-order valence-corrected chi connectivity index (χ3v) is 2.75. The number of benzene rings is 1. The Kier molecular flexibility index (Phi) is 2.62. The van der Waals surface area contributed by atoms with Gasteiger partial charge in [0.05, 0.1) is 12.5 Å². The number of para-hydroxylation sites is 1. The van der Waals surface area contributed by atoms with Gasteiger partial charge in [-0.15, -0.1) is 0 Å². The first kappa shape index (κ1) is 10.0. The molecular weight excluding hydrogens is 188 g/mol. The molecule has 3 nitrogen and oxygen atoms in total. The number of hydrogen-bond acceptors (Lipinski definition) is 2. The SMILES string of the molecule is CN(C)C(=N)C1COc2ccccc2C1. The van der Waals surface area contributed by atoms with Crippen LogP contribution in [0.5, 0.6) is 5.75 Å². The van der Waals surface area contributed by atoms with Gasteiger partial charge in [0.2, 0.25) is 0 Å². The van der Waals surface area contributed by atoms with Crippen LogP contribution in [0.3, 0.4) is 0 Å². The number of nitrogens with zero attached hydrogens (tertiary/aromatic N) is 1. The summed E-state index contributed by atoms with van der Waals surface area (Å²) >= 11 is 0. The highest BCUT2D eigenvalue weighted by Crippen LogP contribution is 2.27. The van der Waals surface area contributed by atoms with E-state index in [1.165, 1.54) is 5.56 Å². The van der Waals surface area contributed by atoms with Crippen molar-refractivity contribution in [3.8, 4) is 5.75 Å². The van der Waals surface area contributed by atoms with E-state index < -0.39 is 0 Å². The van der Waals surface area contributed by atoms with E-state index in [9.17, 15) is 0 Å². The second kappa shape index (κ2) is 3.93. The molecule has 1 aromatic rings. The first-order valence-electron chi connectivity index (χ1n) is 5.15. The van der Waals surface area contributed by atoms with Crippen molar-refractivity contribution in [2.45, 2.75) is 6.42 Å². The maximum Gasteiger partial charge on any atom is 0.122 e. The second-order valence-corrected chi connectivity index (χ2v) is 4.10. The number of ether oxygens (including phenoxy) is 1. The molecule has 1 aliphatic rings. The molecule has 1 heterocycles. The number of rotatable bonds is 1. The fraction of sp³-hybridized carbons (Fsp3) is 0.417. The van der Waals surface area contributed by atoms with Crippen molar-refractivity contribution in [1.29, 1.82) is 5.41 Å². The van der Waals surface area contributed by atoms with Crippen LogP contribution in [0.2, 0.25) is 0 Å². The quantitative estimate of drug-likeness (QED) is 0.559. The first-order valence-corrected chi connectivity index (χ1v) is 5.15. The van der Waals surface area contributed by atoms with E-state index in [0.29, 0.717) is 12.4 Å². The fourth-order valence-corrected chi connectivity index (χ4v) is 1.87. The summed E-state index contributed by atoms with van der Waals surface area (Å²) in [6.07, 6.45) is 0.910. The molecule has 3 heteroatoms. The van der Waals surface area contributed by atoms with Crippen LogP contribution in [0.25, 0.3) is 0 Å². The molecule has 1 N–H and O–H groups in total. The van der Waals surface area contributed by atoms with Gasteiger partial charge in [0.15, 0.2) is 0 Å². The maximum absolute atomic E-state index is 7.93. The van der Waals surface area contributed by atoms with Gasteiger partial charge in [-0.25, -0.2) is 0 Å². The van der Waals surface area contributed by atoms with Crippen LogP contribution in [0.1, 0.15) is 5.56 Å². The van der Waals surface area contributed by atoms with E-state index in [1.807, 2.05) is 37.2 Å². The van der Waals surface area contributed by atoms with Crippen LogP contribution >= 0.6 is 0 Å². The predicted molar refractivity (Wildman–Crippen MR) is 60.5 cm³/mol. The largest absolute Gasteiger partial charge is 0.493 e. The van der Waals surface area contributed by atoms with Gasteiger partial charge in [-0.1, -0.05) is 18.2 Å². The highest BCUT2D eigenvalue weighted by Gasteiger charge is 2.23. The Morgan fingerprint density at radius 1 is 1.40 bits per heavy atom. The summed E-state index contributed by atoms with van der Waals surface area (Å²) < 4.78 is 5.64. The summed E-state index contributed by atoms with van der Waals surface area (Å²) in [5.74, 6) is 1.81. The minimum Gasteiger partial charge on any atom is -0.493 e. The van der Waals surface area contributed by atoms with Crippen molar-refractivity contribution in [2.75, 3.05) is 20.7 Å². The lowest BCUT2D eigenvalue weighted by atomic mass is 9.95. The monoisotopic (exact) mass is 204 g/mol. The maximum atomic E-state index is 7.93. The van der Waals surface area contributed by atoms with Crippen LogP contribution < -0.4 is 4.74 Å². The molecule has 0 fully saturated rings. The third kappa shape index (κ3) is 1.96. The Labute approximate surface area is 90.2 Å². The molecule has 1 unspecified atom stereocenters. The van der Waals surface area contributed by atoms with Crippen LogP contribution in [0.4, 0.5) is 0 Å². The molecule has 0 aliphatic carbocycles. The zero-order valence-electron chi connectivity index (χ0n) is 9.16. The average molecular weight is 204 g/mol. The first-order chi connectivity index (χ1) is 7.18. The number of nitrogens with one attached hydrogen (secondary N) is 1.